The minimum Gasteiger partial charge on any atom is -0.269 e. The molecule has 2 heterocycles. The Hall–Kier alpha value is -2.78. The summed E-state index contributed by atoms with van der Waals surface area (Å²) in [6.45, 7) is 4.12. The van der Waals surface area contributed by atoms with Gasteiger partial charge in [-0.15, -0.1) is 0 Å². The van der Waals surface area contributed by atoms with Gasteiger partial charge in [-0.2, -0.15) is 0 Å². The van der Waals surface area contributed by atoms with Crippen molar-refractivity contribution in [1.29, 1.82) is 0 Å². The van der Waals surface area contributed by atoms with Gasteiger partial charge in [0.25, 0.3) is 0 Å². The molecular weight excluding hydrogens is 296 g/mol. The Balaban J connectivity index is 0.000000224. The number of hydrogen-bond acceptors (Lipinski definition) is 6. The van der Waals surface area contributed by atoms with Crippen LogP contribution in [-0.2, 0) is 19.2 Å². The summed E-state index contributed by atoms with van der Waals surface area (Å²) in [4.78, 5) is 65.9. The fourth-order valence-corrected chi connectivity index (χ4v) is 1.67. The first kappa shape index (κ1) is 17.3. The van der Waals surface area contributed by atoms with Crippen LogP contribution in [0.1, 0.15) is 26.7 Å². The summed E-state index contributed by atoms with van der Waals surface area (Å²) in [5, 5.41) is 3.79. The minimum absolute atomic E-state index is 0.233. The van der Waals surface area contributed by atoms with E-state index < -0.39 is 35.7 Å². The highest BCUT2D eigenvalue weighted by Gasteiger charge is 2.36. The maximum absolute atomic E-state index is 10.9. The van der Waals surface area contributed by atoms with Crippen LogP contribution in [0.15, 0.2) is 0 Å². The van der Waals surface area contributed by atoms with Crippen LogP contribution in [0.2, 0.25) is 0 Å². The Labute approximate surface area is 125 Å². The number of unbranched alkanes of at least 4 members (excludes halogenated alkanes) is 1. The summed E-state index contributed by atoms with van der Waals surface area (Å²) >= 11 is 0. The van der Waals surface area contributed by atoms with Crippen LogP contribution in [-0.4, -0.2) is 58.6 Å². The molecule has 0 aromatic rings. The number of hydrogen-bond donors (Lipinski definition) is 2. The van der Waals surface area contributed by atoms with Gasteiger partial charge in [0, 0.05) is 13.1 Å². The summed E-state index contributed by atoms with van der Waals surface area (Å²) in [6.07, 6.45) is 1.61. The summed E-state index contributed by atoms with van der Waals surface area (Å²) in [5.41, 5.74) is 0. The number of amides is 8. The van der Waals surface area contributed by atoms with E-state index in [0.717, 1.165) is 22.6 Å². The molecule has 22 heavy (non-hydrogen) atoms. The molecule has 0 aliphatic carbocycles. The van der Waals surface area contributed by atoms with Gasteiger partial charge in [-0.3, -0.25) is 39.6 Å². The van der Waals surface area contributed by atoms with E-state index in [4.69, 9.17) is 0 Å². The van der Waals surface area contributed by atoms with Crippen molar-refractivity contribution in [2.75, 3.05) is 13.1 Å². The lowest BCUT2D eigenvalue weighted by Crippen LogP contribution is -2.31. The van der Waals surface area contributed by atoms with Gasteiger partial charge in [0.15, 0.2) is 0 Å². The zero-order chi connectivity index (χ0) is 16.9. The Morgan fingerprint density at radius 3 is 1.50 bits per heavy atom. The van der Waals surface area contributed by atoms with Gasteiger partial charge in [0.05, 0.1) is 0 Å². The molecule has 120 valence electrons. The smallest absolute Gasteiger partial charge is 0.269 e. The number of imide groups is 4. The van der Waals surface area contributed by atoms with Gasteiger partial charge in [0.1, 0.15) is 0 Å². The SMILES string of the molecule is CCCCN1C(=O)NC(=O)C1=O.CCN1C(=O)NC(=O)C1=O. The molecule has 0 atom stereocenters. The molecule has 2 aliphatic rings. The Morgan fingerprint density at radius 2 is 1.23 bits per heavy atom. The fourth-order valence-electron chi connectivity index (χ4n) is 1.67. The molecular formula is C12H16N4O6. The summed E-state index contributed by atoms with van der Waals surface area (Å²) in [5.74, 6) is -3.18. The van der Waals surface area contributed by atoms with E-state index >= 15 is 0 Å². The predicted molar refractivity (Wildman–Crippen MR) is 71.1 cm³/mol. The second-order valence-electron chi connectivity index (χ2n) is 4.38. The molecule has 2 rings (SSSR count). The molecule has 10 nitrogen and oxygen atoms in total. The number of urea groups is 2. The van der Waals surface area contributed by atoms with Crippen molar-refractivity contribution in [2.45, 2.75) is 26.7 Å². The molecule has 2 fully saturated rings. The van der Waals surface area contributed by atoms with Crippen LogP contribution < -0.4 is 10.6 Å². The standard InChI is InChI=1S/C7H10N2O3.C5H6N2O3/c1-2-3-4-9-6(11)5(10)8-7(9)12;1-2-7-4(9)3(8)6-5(7)10/h2-4H2,1H3,(H,8,10,12);2H2,1H3,(H,6,8,10). The molecule has 10 heteroatoms. The topological polar surface area (TPSA) is 133 Å². The zero-order valence-corrected chi connectivity index (χ0v) is 12.2. The largest absolute Gasteiger partial charge is 0.331 e. The second-order valence-corrected chi connectivity index (χ2v) is 4.38. The molecule has 0 bridgehead atoms. The van der Waals surface area contributed by atoms with Gasteiger partial charge in [0.2, 0.25) is 0 Å². The quantitative estimate of drug-likeness (QED) is 0.502. The van der Waals surface area contributed by atoms with Crippen molar-refractivity contribution in [3.63, 3.8) is 0 Å². The highest BCUT2D eigenvalue weighted by molar-refractivity contribution is 6.45. The number of nitrogens with zero attached hydrogens (tertiary/aromatic N) is 2. The average Bonchev–Trinajstić information content (AvgIpc) is 2.85. The minimum atomic E-state index is -0.841. The van der Waals surface area contributed by atoms with Crippen LogP contribution in [0.4, 0.5) is 9.59 Å². The average molecular weight is 312 g/mol. The van der Waals surface area contributed by atoms with Crippen LogP contribution in [0.5, 0.6) is 0 Å². The number of rotatable bonds is 4. The van der Waals surface area contributed by atoms with Crippen LogP contribution in [0.3, 0.4) is 0 Å². The first-order chi connectivity index (χ1) is 10.3. The lowest BCUT2D eigenvalue weighted by atomic mass is 10.3. The third-order valence-corrected chi connectivity index (χ3v) is 2.86. The third-order valence-electron chi connectivity index (χ3n) is 2.86. The molecule has 0 unspecified atom stereocenters. The summed E-state index contributed by atoms with van der Waals surface area (Å²) in [7, 11) is 0. The Bertz CT molecular complexity index is 544. The molecule has 8 amide bonds. The molecule has 2 aliphatic heterocycles. The normalized spacial score (nSPS) is 17.5. The Morgan fingerprint density at radius 1 is 0.773 bits per heavy atom. The Kier molecular flexibility index (Phi) is 5.72. The van der Waals surface area contributed by atoms with E-state index in [9.17, 15) is 28.8 Å². The fraction of sp³-hybridized carbons (Fsp3) is 0.500. The molecule has 0 saturated carbocycles. The van der Waals surface area contributed by atoms with Crippen molar-refractivity contribution in [1.82, 2.24) is 20.4 Å². The number of carbonyl (C=O) groups excluding carboxylic acids is 6. The van der Waals surface area contributed by atoms with E-state index in [1.165, 1.54) is 0 Å². The maximum Gasteiger partial charge on any atom is 0.331 e. The van der Waals surface area contributed by atoms with Gasteiger partial charge >= 0.3 is 35.7 Å². The number of nitrogens with one attached hydrogen (secondary N) is 2. The van der Waals surface area contributed by atoms with E-state index in [1.54, 1.807) is 6.92 Å². The van der Waals surface area contributed by atoms with Crippen molar-refractivity contribution in [3.8, 4) is 0 Å². The van der Waals surface area contributed by atoms with Gasteiger partial charge < -0.3 is 0 Å². The lowest BCUT2D eigenvalue weighted by molar-refractivity contribution is -0.140. The van der Waals surface area contributed by atoms with Crippen molar-refractivity contribution >= 4 is 35.7 Å². The lowest BCUT2D eigenvalue weighted by Gasteiger charge is -2.08. The highest BCUT2D eigenvalue weighted by Crippen LogP contribution is 2.02. The van der Waals surface area contributed by atoms with E-state index in [2.05, 4.69) is 0 Å². The molecule has 0 aromatic heterocycles. The van der Waals surface area contributed by atoms with Crippen LogP contribution in [0, 0.1) is 0 Å². The summed E-state index contributed by atoms with van der Waals surface area (Å²) in [6, 6.07) is -1.23. The first-order valence-electron chi connectivity index (χ1n) is 6.67. The molecule has 0 aromatic carbocycles. The van der Waals surface area contributed by atoms with E-state index in [0.29, 0.717) is 6.54 Å². The zero-order valence-electron chi connectivity index (χ0n) is 12.2. The van der Waals surface area contributed by atoms with E-state index in [1.807, 2.05) is 17.6 Å². The van der Waals surface area contributed by atoms with Gasteiger partial charge in [-0.05, 0) is 13.3 Å². The monoisotopic (exact) mass is 312 g/mol. The molecule has 0 radical (unpaired) electrons. The molecule has 2 saturated heterocycles. The van der Waals surface area contributed by atoms with Crippen molar-refractivity contribution < 1.29 is 28.8 Å². The van der Waals surface area contributed by atoms with E-state index in [-0.39, 0.29) is 6.54 Å². The third kappa shape index (κ3) is 3.65. The molecule has 0 spiro atoms. The van der Waals surface area contributed by atoms with Crippen LogP contribution >= 0.6 is 0 Å². The highest BCUT2D eigenvalue weighted by atomic mass is 16.2. The number of carbonyl (C=O) groups is 6. The van der Waals surface area contributed by atoms with Crippen LogP contribution in [0.25, 0.3) is 0 Å². The number of likely N-dealkylation sites (N-methyl/N-ethyl adjacent to an activating group) is 1. The van der Waals surface area contributed by atoms with Gasteiger partial charge in [-0.25, -0.2) is 9.59 Å². The predicted octanol–water partition coefficient (Wildman–Crippen LogP) is -1.05. The first-order valence-corrected chi connectivity index (χ1v) is 6.67. The maximum atomic E-state index is 10.9. The van der Waals surface area contributed by atoms with Gasteiger partial charge in [-0.1, -0.05) is 13.3 Å². The summed E-state index contributed by atoms with van der Waals surface area (Å²) < 4.78 is 0. The second kappa shape index (κ2) is 7.29. The van der Waals surface area contributed by atoms with Crippen molar-refractivity contribution in [3.05, 3.63) is 0 Å². The molecule has 2 N–H and O–H groups in total. The van der Waals surface area contributed by atoms with Crippen molar-refractivity contribution in [2.24, 2.45) is 0 Å².